The van der Waals surface area contributed by atoms with Crippen molar-refractivity contribution in [1.82, 2.24) is 28.1 Å². The first-order valence-corrected chi connectivity index (χ1v) is 8.45. The number of imidazole rings is 1. The summed E-state index contributed by atoms with van der Waals surface area (Å²) in [5, 5.41) is 0. The standard InChI is InChI=1S/C16H13BrN6O3/c1-20-14-13(15(25)21(2)16(20)26)22(8-18-14)7-10-5-12(24)23-6-9(17)3-4-11(23)19-10/h3-6,8H,7H2,1-2H3. The number of fused-ring (bicyclic) bond motifs is 2. The fourth-order valence-electron chi connectivity index (χ4n) is 2.90. The van der Waals surface area contributed by atoms with Crippen LogP contribution in [0.25, 0.3) is 16.8 Å². The molecule has 0 amide bonds. The third-order valence-corrected chi connectivity index (χ3v) is 4.70. The van der Waals surface area contributed by atoms with Gasteiger partial charge in [-0.15, -0.1) is 0 Å². The lowest BCUT2D eigenvalue weighted by Gasteiger charge is -2.07. The van der Waals surface area contributed by atoms with Gasteiger partial charge in [0.05, 0.1) is 18.6 Å². The Balaban J connectivity index is 1.90. The van der Waals surface area contributed by atoms with Crippen molar-refractivity contribution in [2.24, 2.45) is 14.1 Å². The zero-order valence-electron chi connectivity index (χ0n) is 13.9. The van der Waals surface area contributed by atoms with Crippen LogP contribution in [0.1, 0.15) is 5.69 Å². The first-order chi connectivity index (χ1) is 12.4. The molecule has 0 aliphatic rings. The summed E-state index contributed by atoms with van der Waals surface area (Å²) in [6.45, 7) is 0.186. The molecule has 0 aliphatic carbocycles. The average Bonchev–Trinajstić information content (AvgIpc) is 3.02. The van der Waals surface area contributed by atoms with E-state index in [0.717, 1.165) is 9.04 Å². The molecule has 0 aliphatic heterocycles. The van der Waals surface area contributed by atoms with E-state index in [9.17, 15) is 14.4 Å². The molecule has 0 bridgehead atoms. The topological polar surface area (TPSA) is 96.2 Å². The molecule has 10 heteroatoms. The minimum Gasteiger partial charge on any atom is -0.319 e. The highest BCUT2D eigenvalue weighted by Crippen LogP contribution is 2.11. The summed E-state index contributed by atoms with van der Waals surface area (Å²) in [5.74, 6) is 0. The SMILES string of the molecule is Cn1c(=O)c2c(ncn2Cc2cc(=O)n3cc(Br)ccc3n2)n(C)c1=O. The number of aromatic nitrogens is 6. The summed E-state index contributed by atoms with van der Waals surface area (Å²) >= 11 is 3.32. The largest absolute Gasteiger partial charge is 0.332 e. The van der Waals surface area contributed by atoms with E-state index in [1.165, 1.54) is 28.4 Å². The first-order valence-electron chi connectivity index (χ1n) is 7.65. The van der Waals surface area contributed by atoms with Gasteiger partial charge in [0.1, 0.15) is 5.65 Å². The fourth-order valence-corrected chi connectivity index (χ4v) is 3.24. The maximum Gasteiger partial charge on any atom is 0.332 e. The van der Waals surface area contributed by atoms with Crippen molar-refractivity contribution in [1.29, 1.82) is 0 Å². The predicted molar refractivity (Wildman–Crippen MR) is 98.5 cm³/mol. The minimum atomic E-state index is -0.444. The molecule has 0 saturated heterocycles. The Kier molecular flexibility index (Phi) is 3.65. The van der Waals surface area contributed by atoms with E-state index in [1.807, 2.05) is 0 Å². The molecule has 0 atom stereocenters. The highest BCUT2D eigenvalue weighted by atomic mass is 79.9. The molecule has 9 nitrogen and oxygen atoms in total. The highest BCUT2D eigenvalue weighted by molar-refractivity contribution is 9.10. The lowest BCUT2D eigenvalue weighted by Crippen LogP contribution is -2.37. The number of rotatable bonds is 2. The Morgan fingerprint density at radius 3 is 2.65 bits per heavy atom. The predicted octanol–water partition coefficient (Wildman–Crippen LogP) is 0.252. The lowest BCUT2D eigenvalue weighted by atomic mass is 10.3. The van der Waals surface area contributed by atoms with E-state index in [-0.39, 0.29) is 17.6 Å². The van der Waals surface area contributed by atoms with Crippen molar-refractivity contribution in [3.63, 3.8) is 0 Å². The van der Waals surface area contributed by atoms with Crippen molar-refractivity contribution in [2.45, 2.75) is 6.54 Å². The molecular formula is C16H13BrN6O3. The first kappa shape index (κ1) is 16.5. The maximum atomic E-state index is 12.5. The van der Waals surface area contributed by atoms with E-state index >= 15 is 0 Å². The smallest absolute Gasteiger partial charge is 0.319 e. The van der Waals surface area contributed by atoms with Gasteiger partial charge in [-0.25, -0.2) is 14.8 Å². The van der Waals surface area contributed by atoms with Gasteiger partial charge in [-0.3, -0.25) is 23.1 Å². The zero-order valence-corrected chi connectivity index (χ0v) is 15.5. The van der Waals surface area contributed by atoms with Crippen molar-refractivity contribution in [3.05, 3.63) is 72.1 Å². The van der Waals surface area contributed by atoms with Crippen LogP contribution in [0.2, 0.25) is 0 Å². The Hall–Kier alpha value is -3.01. The quantitative estimate of drug-likeness (QED) is 0.466. The summed E-state index contributed by atoms with van der Waals surface area (Å²) in [4.78, 5) is 45.5. The normalized spacial score (nSPS) is 11.5. The third-order valence-electron chi connectivity index (χ3n) is 4.23. The second kappa shape index (κ2) is 5.77. The van der Waals surface area contributed by atoms with Crippen LogP contribution in [-0.4, -0.2) is 28.1 Å². The summed E-state index contributed by atoms with van der Waals surface area (Å²) in [6.07, 6.45) is 3.11. The van der Waals surface area contributed by atoms with Crippen molar-refractivity contribution in [3.8, 4) is 0 Å². The van der Waals surface area contributed by atoms with Crippen LogP contribution in [-0.2, 0) is 20.6 Å². The molecule has 4 heterocycles. The van der Waals surface area contributed by atoms with Crippen molar-refractivity contribution < 1.29 is 0 Å². The summed E-state index contributed by atoms with van der Waals surface area (Å²) in [7, 11) is 2.97. The fraction of sp³-hybridized carbons (Fsp3) is 0.188. The minimum absolute atomic E-state index is 0.186. The Labute approximate surface area is 153 Å². The van der Waals surface area contributed by atoms with E-state index < -0.39 is 11.2 Å². The second-order valence-corrected chi connectivity index (χ2v) is 6.83. The molecule has 0 fully saturated rings. The molecule has 4 aromatic rings. The number of nitrogens with zero attached hydrogens (tertiary/aromatic N) is 6. The highest BCUT2D eigenvalue weighted by Gasteiger charge is 2.15. The second-order valence-electron chi connectivity index (χ2n) is 5.91. The van der Waals surface area contributed by atoms with Gasteiger partial charge >= 0.3 is 5.69 Å². The number of halogens is 1. The van der Waals surface area contributed by atoms with Crippen LogP contribution < -0.4 is 16.8 Å². The zero-order chi connectivity index (χ0) is 18.6. The Morgan fingerprint density at radius 2 is 1.88 bits per heavy atom. The molecule has 0 saturated carbocycles. The number of hydrogen-bond acceptors (Lipinski definition) is 5. The summed E-state index contributed by atoms with van der Waals surface area (Å²) in [6, 6.07) is 4.94. The molecule has 0 radical (unpaired) electrons. The van der Waals surface area contributed by atoms with Gasteiger partial charge in [-0.1, -0.05) is 0 Å². The third kappa shape index (κ3) is 2.41. The van der Waals surface area contributed by atoms with Crippen LogP contribution in [0.15, 0.2) is 49.6 Å². The molecule has 132 valence electrons. The molecule has 0 aromatic carbocycles. The summed E-state index contributed by atoms with van der Waals surface area (Å²) in [5.41, 5.74) is 0.457. The van der Waals surface area contributed by atoms with Gasteiger partial charge in [0.15, 0.2) is 11.2 Å². The van der Waals surface area contributed by atoms with Gasteiger partial charge in [-0.2, -0.15) is 0 Å². The molecule has 0 unspecified atom stereocenters. The van der Waals surface area contributed by atoms with Gasteiger partial charge in [0.25, 0.3) is 11.1 Å². The maximum absolute atomic E-state index is 12.5. The van der Waals surface area contributed by atoms with Crippen molar-refractivity contribution in [2.75, 3.05) is 0 Å². The molecule has 26 heavy (non-hydrogen) atoms. The van der Waals surface area contributed by atoms with E-state index in [0.29, 0.717) is 17.0 Å². The molecule has 0 spiro atoms. The Morgan fingerprint density at radius 1 is 1.12 bits per heavy atom. The van der Waals surface area contributed by atoms with E-state index in [4.69, 9.17) is 0 Å². The van der Waals surface area contributed by atoms with Crippen LogP contribution in [0.4, 0.5) is 0 Å². The number of pyridine rings is 1. The number of hydrogen-bond donors (Lipinski definition) is 0. The van der Waals surface area contributed by atoms with Crippen molar-refractivity contribution >= 4 is 32.7 Å². The molecular weight excluding hydrogens is 404 g/mol. The molecule has 4 rings (SSSR count). The van der Waals surface area contributed by atoms with Crippen LogP contribution in [0.3, 0.4) is 0 Å². The average molecular weight is 417 g/mol. The van der Waals surface area contributed by atoms with E-state index in [1.54, 1.807) is 29.9 Å². The van der Waals surface area contributed by atoms with E-state index in [2.05, 4.69) is 25.9 Å². The van der Waals surface area contributed by atoms with Gasteiger partial charge in [-0.05, 0) is 28.1 Å². The molecule has 0 N–H and O–H groups in total. The van der Waals surface area contributed by atoms with Gasteiger partial charge in [0, 0.05) is 30.8 Å². The van der Waals surface area contributed by atoms with Crippen LogP contribution >= 0.6 is 15.9 Å². The number of aryl methyl sites for hydroxylation is 1. The molecule has 4 aromatic heterocycles. The Bertz CT molecular complexity index is 1360. The van der Waals surface area contributed by atoms with Crippen LogP contribution in [0, 0.1) is 0 Å². The van der Waals surface area contributed by atoms with Crippen LogP contribution in [0.5, 0.6) is 0 Å². The lowest BCUT2D eigenvalue weighted by molar-refractivity contribution is 0.701. The van der Waals surface area contributed by atoms with Gasteiger partial charge in [0.2, 0.25) is 0 Å². The van der Waals surface area contributed by atoms with Gasteiger partial charge < -0.3 is 4.57 Å². The summed E-state index contributed by atoms with van der Waals surface area (Å²) < 4.78 is 6.14. The monoisotopic (exact) mass is 416 g/mol.